The zero-order valence-corrected chi connectivity index (χ0v) is 12.4. The number of hydrogen-bond donors (Lipinski definition) is 1. The van der Waals surface area contributed by atoms with Gasteiger partial charge in [-0.3, -0.25) is 0 Å². The summed E-state index contributed by atoms with van der Waals surface area (Å²) in [6.45, 7) is 6.03. The predicted octanol–water partition coefficient (Wildman–Crippen LogP) is 1.32. The van der Waals surface area contributed by atoms with Crippen LogP contribution in [0.15, 0.2) is 0 Å². The van der Waals surface area contributed by atoms with E-state index in [1.807, 2.05) is 0 Å². The van der Waals surface area contributed by atoms with E-state index in [1.54, 1.807) is 25.7 Å². The van der Waals surface area contributed by atoms with Crippen LogP contribution in [0.4, 0.5) is 5.95 Å². The van der Waals surface area contributed by atoms with Gasteiger partial charge < -0.3 is 14.7 Å². The van der Waals surface area contributed by atoms with Gasteiger partial charge in [-0.05, 0) is 33.6 Å². The van der Waals surface area contributed by atoms with Gasteiger partial charge in [0.05, 0.1) is 18.0 Å². The number of carbonyl (C=O) groups is 2. The molecular weight excluding hydrogens is 274 g/mol. The molecule has 0 amide bonds. The maximum absolute atomic E-state index is 12.0. The second-order valence-electron chi connectivity index (χ2n) is 4.98. The van der Waals surface area contributed by atoms with Gasteiger partial charge in [-0.2, -0.15) is 0 Å². The third kappa shape index (κ3) is 2.96. The Morgan fingerprint density at radius 1 is 1.33 bits per heavy atom. The van der Waals surface area contributed by atoms with Crippen LogP contribution in [0.3, 0.4) is 0 Å². The highest BCUT2D eigenvalue weighted by atomic mass is 16.5. The number of carboxylic acid groups (broad SMARTS) is 1. The van der Waals surface area contributed by atoms with E-state index in [-0.39, 0.29) is 17.6 Å². The molecule has 1 atom stereocenters. The van der Waals surface area contributed by atoms with E-state index in [0.717, 1.165) is 6.42 Å². The largest absolute Gasteiger partial charge is 0.478 e. The molecule has 1 aromatic heterocycles. The summed E-state index contributed by atoms with van der Waals surface area (Å²) in [5.41, 5.74) is 0.921. The summed E-state index contributed by atoms with van der Waals surface area (Å²) in [6.07, 6.45) is 1.55. The van der Waals surface area contributed by atoms with Crippen molar-refractivity contribution in [1.82, 2.24) is 9.97 Å². The van der Waals surface area contributed by atoms with Gasteiger partial charge in [0, 0.05) is 6.54 Å². The summed E-state index contributed by atoms with van der Waals surface area (Å²) in [5, 5.41) is 9.15. The second-order valence-corrected chi connectivity index (χ2v) is 4.98. The van der Waals surface area contributed by atoms with E-state index in [0.29, 0.717) is 36.9 Å². The average Bonchev–Trinajstić information content (AvgIpc) is 2.86. The monoisotopic (exact) mass is 293 g/mol. The molecule has 1 fully saturated rings. The first-order valence-corrected chi connectivity index (χ1v) is 6.97. The molecule has 0 spiro atoms. The molecule has 1 aliphatic rings. The van der Waals surface area contributed by atoms with Gasteiger partial charge in [0.1, 0.15) is 11.6 Å². The Morgan fingerprint density at radius 2 is 1.95 bits per heavy atom. The lowest BCUT2D eigenvalue weighted by Gasteiger charge is -2.23. The summed E-state index contributed by atoms with van der Waals surface area (Å²) >= 11 is 0. The Balaban J connectivity index is 2.33. The van der Waals surface area contributed by atoms with Crippen LogP contribution in [0, 0.1) is 13.8 Å². The van der Waals surface area contributed by atoms with E-state index in [9.17, 15) is 9.59 Å². The van der Waals surface area contributed by atoms with Crippen LogP contribution in [0.25, 0.3) is 0 Å². The molecule has 114 valence electrons. The number of nitrogens with zero attached hydrogens (tertiary/aromatic N) is 3. The van der Waals surface area contributed by atoms with Gasteiger partial charge >= 0.3 is 11.9 Å². The van der Waals surface area contributed by atoms with Crippen LogP contribution >= 0.6 is 0 Å². The minimum atomic E-state index is -1.04. The first kappa shape index (κ1) is 15.2. The first-order valence-electron chi connectivity index (χ1n) is 6.97. The van der Waals surface area contributed by atoms with E-state index >= 15 is 0 Å². The zero-order valence-electron chi connectivity index (χ0n) is 12.4. The smallest absolute Gasteiger partial charge is 0.339 e. The van der Waals surface area contributed by atoms with Crippen LogP contribution in [-0.4, -0.2) is 46.2 Å². The fraction of sp³-hybridized carbons (Fsp3) is 0.571. The normalized spacial score (nSPS) is 17.9. The summed E-state index contributed by atoms with van der Waals surface area (Å²) in [6, 6.07) is -0.389. The van der Waals surface area contributed by atoms with E-state index in [1.165, 1.54) is 0 Å². The second kappa shape index (κ2) is 6.07. The molecule has 0 aliphatic carbocycles. The Labute approximate surface area is 123 Å². The molecule has 0 radical (unpaired) electrons. The third-order valence-electron chi connectivity index (χ3n) is 3.54. The van der Waals surface area contributed by atoms with Gasteiger partial charge in [-0.15, -0.1) is 0 Å². The lowest BCUT2D eigenvalue weighted by Crippen LogP contribution is -2.38. The van der Waals surface area contributed by atoms with Gasteiger partial charge in [-0.1, -0.05) is 0 Å². The number of aromatic carboxylic acids is 1. The highest BCUT2D eigenvalue weighted by Gasteiger charge is 2.34. The van der Waals surface area contributed by atoms with E-state index in [2.05, 4.69) is 9.97 Å². The highest BCUT2D eigenvalue weighted by molar-refractivity contribution is 5.90. The molecule has 1 aliphatic heterocycles. The molecule has 0 saturated carbocycles. The predicted molar refractivity (Wildman–Crippen MR) is 75.5 cm³/mol. The Bertz CT molecular complexity index is 550. The molecule has 21 heavy (non-hydrogen) atoms. The Hall–Kier alpha value is -2.18. The zero-order chi connectivity index (χ0) is 15.6. The summed E-state index contributed by atoms with van der Waals surface area (Å²) in [5.74, 6) is -0.929. The number of carboxylic acids is 1. The molecule has 2 rings (SSSR count). The van der Waals surface area contributed by atoms with Crippen molar-refractivity contribution >= 4 is 17.9 Å². The lowest BCUT2D eigenvalue weighted by molar-refractivity contribution is -0.144. The molecule has 1 N–H and O–H groups in total. The fourth-order valence-corrected chi connectivity index (χ4v) is 2.63. The molecular formula is C14H19N3O4. The Kier molecular flexibility index (Phi) is 4.40. The first-order chi connectivity index (χ1) is 9.95. The van der Waals surface area contributed by atoms with Crippen LogP contribution in [0.2, 0.25) is 0 Å². The number of carbonyl (C=O) groups excluding carboxylic acids is 1. The molecule has 2 heterocycles. The summed E-state index contributed by atoms with van der Waals surface area (Å²) in [4.78, 5) is 33.4. The lowest BCUT2D eigenvalue weighted by atomic mass is 10.2. The molecule has 1 aromatic rings. The summed E-state index contributed by atoms with van der Waals surface area (Å²) < 4.78 is 5.07. The highest BCUT2D eigenvalue weighted by Crippen LogP contribution is 2.25. The van der Waals surface area contributed by atoms with Crippen molar-refractivity contribution in [1.29, 1.82) is 0 Å². The average molecular weight is 293 g/mol. The van der Waals surface area contributed by atoms with Crippen molar-refractivity contribution in [2.45, 2.75) is 39.7 Å². The Morgan fingerprint density at radius 3 is 2.48 bits per heavy atom. The van der Waals surface area contributed by atoms with Crippen molar-refractivity contribution in [2.24, 2.45) is 0 Å². The summed E-state index contributed by atoms with van der Waals surface area (Å²) in [7, 11) is 0. The molecule has 0 unspecified atom stereocenters. The number of esters is 1. The number of hydrogen-bond acceptors (Lipinski definition) is 6. The van der Waals surface area contributed by atoms with Gasteiger partial charge in [-0.25, -0.2) is 19.6 Å². The van der Waals surface area contributed by atoms with Gasteiger partial charge in [0.25, 0.3) is 0 Å². The maximum Gasteiger partial charge on any atom is 0.339 e. The number of aromatic nitrogens is 2. The number of ether oxygens (including phenoxy) is 1. The van der Waals surface area contributed by atoms with Crippen molar-refractivity contribution in [3.05, 3.63) is 17.0 Å². The van der Waals surface area contributed by atoms with Crippen molar-refractivity contribution in [3.63, 3.8) is 0 Å². The topological polar surface area (TPSA) is 92.6 Å². The minimum absolute atomic E-state index is 0.116. The third-order valence-corrected chi connectivity index (χ3v) is 3.54. The number of anilines is 1. The SMILES string of the molecule is CCOC(=O)[C@@H]1CCCN1c1nc(C)c(C(=O)O)c(C)n1. The van der Waals surface area contributed by atoms with Gasteiger partial charge in [0.15, 0.2) is 0 Å². The van der Waals surface area contributed by atoms with E-state index in [4.69, 9.17) is 9.84 Å². The van der Waals surface area contributed by atoms with Gasteiger partial charge in [0.2, 0.25) is 5.95 Å². The molecule has 0 bridgehead atoms. The molecule has 7 heteroatoms. The fourth-order valence-electron chi connectivity index (χ4n) is 2.63. The number of rotatable bonds is 4. The molecule has 7 nitrogen and oxygen atoms in total. The maximum atomic E-state index is 12.0. The van der Waals surface area contributed by atoms with Crippen molar-refractivity contribution in [3.8, 4) is 0 Å². The standard InChI is InChI=1S/C14H19N3O4/c1-4-21-13(20)10-6-5-7-17(10)14-15-8(2)11(12(18)19)9(3)16-14/h10H,4-7H2,1-3H3,(H,18,19)/t10-/m0/s1. The van der Waals surface area contributed by atoms with E-state index < -0.39 is 5.97 Å². The molecule has 1 saturated heterocycles. The van der Waals surface area contributed by atoms with Crippen LogP contribution < -0.4 is 4.90 Å². The molecule has 0 aromatic carbocycles. The van der Waals surface area contributed by atoms with Crippen molar-refractivity contribution in [2.75, 3.05) is 18.1 Å². The number of aryl methyl sites for hydroxylation is 2. The quantitative estimate of drug-likeness (QED) is 0.837. The van der Waals surface area contributed by atoms with Crippen LogP contribution in [0.5, 0.6) is 0 Å². The van der Waals surface area contributed by atoms with Crippen LogP contribution in [-0.2, 0) is 9.53 Å². The van der Waals surface area contributed by atoms with Crippen LogP contribution in [0.1, 0.15) is 41.5 Å². The van der Waals surface area contributed by atoms with Crippen molar-refractivity contribution < 1.29 is 19.4 Å². The minimum Gasteiger partial charge on any atom is -0.478 e.